The summed E-state index contributed by atoms with van der Waals surface area (Å²) < 4.78 is 40.0. The molecule has 0 spiro atoms. The molecule has 0 unspecified atom stereocenters. The molecule has 1 aromatic carbocycles. The zero-order valence-corrected chi connectivity index (χ0v) is 10.4. The SMILES string of the molecule is Nc1cc(Br)cnc1Nc1cc(F)cc(F)c1F. The van der Waals surface area contributed by atoms with E-state index in [4.69, 9.17) is 5.73 Å². The van der Waals surface area contributed by atoms with Crippen molar-refractivity contribution in [3.63, 3.8) is 0 Å². The average molecular weight is 318 g/mol. The molecular weight excluding hydrogens is 311 g/mol. The first kappa shape index (κ1) is 12.7. The summed E-state index contributed by atoms with van der Waals surface area (Å²) in [6.07, 6.45) is 1.42. The summed E-state index contributed by atoms with van der Waals surface area (Å²) in [5.41, 5.74) is 5.48. The minimum Gasteiger partial charge on any atom is -0.396 e. The predicted molar refractivity (Wildman–Crippen MR) is 65.9 cm³/mol. The molecule has 0 radical (unpaired) electrons. The van der Waals surface area contributed by atoms with Crippen LogP contribution in [0.3, 0.4) is 0 Å². The summed E-state index contributed by atoms with van der Waals surface area (Å²) in [7, 11) is 0. The van der Waals surface area contributed by atoms with Crippen molar-refractivity contribution in [1.82, 2.24) is 4.98 Å². The molecule has 0 bridgehead atoms. The van der Waals surface area contributed by atoms with Crippen LogP contribution in [0.25, 0.3) is 0 Å². The van der Waals surface area contributed by atoms with Crippen LogP contribution in [-0.2, 0) is 0 Å². The van der Waals surface area contributed by atoms with Gasteiger partial charge in [0.05, 0.1) is 11.4 Å². The molecular formula is C11H7BrF3N3. The van der Waals surface area contributed by atoms with E-state index in [9.17, 15) is 13.2 Å². The van der Waals surface area contributed by atoms with Gasteiger partial charge in [0.2, 0.25) is 0 Å². The van der Waals surface area contributed by atoms with Gasteiger partial charge in [-0.1, -0.05) is 0 Å². The Morgan fingerprint density at radius 1 is 1.17 bits per heavy atom. The van der Waals surface area contributed by atoms with Crippen LogP contribution in [0.1, 0.15) is 0 Å². The molecule has 3 nitrogen and oxygen atoms in total. The second kappa shape index (κ2) is 4.85. The first-order chi connectivity index (χ1) is 8.47. The van der Waals surface area contributed by atoms with Gasteiger partial charge < -0.3 is 11.1 Å². The second-order valence-corrected chi connectivity index (χ2v) is 4.38. The van der Waals surface area contributed by atoms with Gasteiger partial charge in [0.25, 0.3) is 0 Å². The zero-order chi connectivity index (χ0) is 13.3. The Hall–Kier alpha value is -1.76. The van der Waals surface area contributed by atoms with Crippen LogP contribution >= 0.6 is 15.9 Å². The van der Waals surface area contributed by atoms with Crippen molar-refractivity contribution in [2.75, 3.05) is 11.1 Å². The Labute approximate surface area is 109 Å². The number of aromatic nitrogens is 1. The summed E-state index contributed by atoms with van der Waals surface area (Å²) in [4.78, 5) is 3.88. The minimum absolute atomic E-state index is 0.113. The van der Waals surface area contributed by atoms with Gasteiger partial charge in [0, 0.05) is 22.8 Å². The number of nitrogen functional groups attached to an aromatic ring is 1. The van der Waals surface area contributed by atoms with E-state index < -0.39 is 17.5 Å². The van der Waals surface area contributed by atoms with E-state index in [-0.39, 0.29) is 17.2 Å². The maximum Gasteiger partial charge on any atom is 0.182 e. The van der Waals surface area contributed by atoms with Gasteiger partial charge in [-0.25, -0.2) is 18.2 Å². The number of rotatable bonds is 2. The highest BCUT2D eigenvalue weighted by Crippen LogP contribution is 2.26. The largest absolute Gasteiger partial charge is 0.396 e. The quantitative estimate of drug-likeness (QED) is 0.832. The van der Waals surface area contributed by atoms with E-state index in [2.05, 4.69) is 26.2 Å². The summed E-state index contributed by atoms with van der Waals surface area (Å²) in [6.45, 7) is 0. The van der Waals surface area contributed by atoms with Crippen molar-refractivity contribution in [1.29, 1.82) is 0 Å². The summed E-state index contributed by atoms with van der Waals surface area (Å²) in [5, 5.41) is 2.44. The van der Waals surface area contributed by atoms with Crippen LogP contribution in [0.15, 0.2) is 28.9 Å². The van der Waals surface area contributed by atoms with Gasteiger partial charge in [-0.2, -0.15) is 0 Å². The molecule has 2 rings (SSSR count). The Bertz CT molecular complexity index is 604. The molecule has 2 aromatic rings. The molecule has 18 heavy (non-hydrogen) atoms. The highest BCUT2D eigenvalue weighted by Gasteiger charge is 2.12. The van der Waals surface area contributed by atoms with E-state index >= 15 is 0 Å². The molecule has 1 aromatic heterocycles. The number of anilines is 3. The van der Waals surface area contributed by atoms with E-state index in [0.717, 1.165) is 6.07 Å². The first-order valence-electron chi connectivity index (χ1n) is 4.80. The average Bonchev–Trinajstić information content (AvgIpc) is 2.29. The van der Waals surface area contributed by atoms with E-state index in [1.165, 1.54) is 12.3 Å². The molecule has 0 aliphatic rings. The number of nitrogens with one attached hydrogen (secondary N) is 1. The van der Waals surface area contributed by atoms with Gasteiger partial charge in [-0.15, -0.1) is 0 Å². The van der Waals surface area contributed by atoms with Gasteiger partial charge in [0.15, 0.2) is 17.5 Å². The second-order valence-electron chi connectivity index (χ2n) is 3.47. The summed E-state index contributed by atoms with van der Waals surface area (Å²) >= 11 is 3.16. The third-order valence-corrected chi connectivity index (χ3v) is 2.56. The third kappa shape index (κ3) is 2.56. The van der Waals surface area contributed by atoms with Crippen LogP contribution in [0.4, 0.5) is 30.4 Å². The van der Waals surface area contributed by atoms with Crippen LogP contribution in [0.2, 0.25) is 0 Å². The van der Waals surface area contributed by atoms with Gasteiger partial charge in [0.1, 0.15) is 5.82 Å². The molecule has 1 heterocycles. The lowest BCUT2D eigenvalue weighted by Crippen LogP contribution is -2.02. The number of halogens is 4. The van der Waals surface area contributed by atoms with Crippen molar-refractivity contribution in [2.45, 2.75) is 0 Å². The van der Waals surface area contributed by atoms with Gasteiger partial charge in [-0.05, 0) is 22.0 Å². The minimum atomic E-state index is -1.28. The van der Waals surface area contributed by atoms with Crippen LogP contribution in [-0.4, -0.2) is 4.98 Å². The van der Waals surface area contributed by atoms with Crippen LogP contribution < -0.4 is 11.1 Å². The molecule has 0 saturated heterocycles. The molecule has 0 atom stereocenters. The fraction of sp³-hybridized carbons (Fsp3) is 0. The summed E-state index contributed by atoms with van der Waals surface area (Å²) in [6, 6.07) is 2.81. The predicted octanol–water partition coefficient (Wildman–Crippen LogP) is 3.59. The zero-order valence-electron chi connectivity index (χ0n) is 8.85. The molecule has 94 valence electrons. The number of nitrogens with two attached hydrogens (primary N) is 1. The van der Waals surface area contributed by atoms with Crippen molar-refractivity contribution in [3.8, 4) is 0 Å². The monoisotopic (exact) mass is 317 g/mol. The Morgan fingerprint density at radius 3 is 2.56 bits per heavy atom. The van der Waals surface area contributed by atoms with E-state index in [1.807, 2.05) is 0 Å². The number of pyridine rings is 1. The Balaban J connectivity index is 2.40. The highest BCUT2D eigenvalue weighted by molar-refractivity contribution is 9.10. The molecule has 0 aliphatic carbocycles. The highest BCUT2D eigenvalue weighted by atomic mass is 79.9. The van der Waals surface area contributed by atoms with Gasteiger partial charge in [-0.3, -0.25) is 0 Å². The fourth-order valence-corrected chi connectivity index (χ4v) is 1.68. The molecule has 0 fully saturated rings. The van der Waals surface area contributed by atoms with Crippen molar-refractivity contribution in [2.24, 2.45) is 0 Å². The molecule has 0 saturated carbocycles. The summed E-state index contributed by atoms with van der Waals surface area (Å²) in [5.74, 6) is -3.26. The third-order valence-electron chi connectivity index (χ3n) is 2.13. The van der Waals surface area contributed by atoms with Crippen LogP contribution in [0, 0.1) is 17.5 Å². The van der Waals surface area contributed by atoms with Gasteiger partial charge >= 0.3 is 0 Å². The molecule has 0 aliphatic heterocycles. The Morgan fingerprint density at radius 2 is 1.89 bits per heavy atom. The van der Waals surface area contributed by atoms with E-state index in [0.29, 0.717) is 10.5 Å². The van der Waals surface area contributed by atoms with Crippen LogP contribution in [0.5, 0.6) is 0 Å². The molecule has 7 heteroatoms. The van der Waals surface area contributed by atoms with E-state index in [1.54, 1.807) is 0 Å². The maximum absolute atomic E-state index is 13.4. The lowest BCUT2D eigenvalue weighted by atomic mass is 10.2. The van der Waals surface area contributed by atoms with Crippen molar-refractivity contribution < 1.29 is 13.2 Å². The smallest absolute Gasteiger partial charge is 0.182 e. The number of hydrogen-bond donors (Lipinski definition) is 2. The fourth-order valence-electron chi connectivity index (χ4n) is 1.33. The van der Waals surface area contributed by atoms with Crippen molar-refractivity contribution >= 4 is 33.1 Å². The first-order valence-corrected chi connectivity index (χ1v) is 5.59. The maximum atomic E-state index is 13.4. The number of nitrogens with zero attached hydrogens (tertiary/aromatic N) is 1. The topological polar surface area (TPSA) is 50.9 Å². The standard InChI is InChI=1S/C11H7BrF3N3/c12-5-1-8(16)11(17-4-5)18-9-3-6(13)2-7(14)10(9)15/h1-4H,16H2,(H,17,18). The molecule has 3 N–H and O–H groups in total. The Kier molecular flexibility index (Phi) is 3.42. The molecule has 0 amide bonds. The lowest BCUT2D eigenvalue weighted by molar-refractivity contribution is 0.498. The van der Waals surface area contributed by atoms with Crippen molar-refractivity contribution in [3.05, 3.63) is 46.3 Å². The lowest BCUT2D eigenvalue weighted by Gasteiger charge is -2.09. The number of benzene rings is 1. The normalized spacial score (nSPS) is 10.4. The number of hydrogen-bond acceptors (Lipinski definition) is 3.